The van der Waals surface area contributed by atoms with Gasteiger partial charge in [-0.05, 0) is 6.07 Å². The van der Waals surface area contributed by atoms with Crippen molar-refractivity contribution in [1.29, 1.82) is 0 Å². The van der Waals surface area contributed by atoms with Crippen LogP contribution in [0.15, 0.2) is 17.6 Å². The molecular weight excluding hydrogens is 285 g/mol. The predicted molar refractivity (Wildman–Crippen MR) is 64.0 cm³/mol. The summed E-state index contributed by atoms with van der Waals surface area (Å²) in [6, 6.07) is 1.11. The summed E-state index contributed by atoms with van der Waals surface area (Å²) in [4.78, 5) is 4.47. The number of nitrogens with zero attached hydrogens (tertiary/aromatic N) is 1. The molecule has 0 bridgehead atoms. The molecule has 0 saturated carbocycles. The average molecular weight is 294 g/mol. The van der Waals surface area contributed by atoms with E-state index in [1.54, 1.807) is 11.4 Å². The molecule has 0 aliphatic rings. The van der Waals surface area contributed by atoms with Gasteiger partial charge >= 0.3 is 6.18 Å². The third kappa shape index (κ3) is 2.65. The minimum atomic E-state index is -4.42. The van der Waals surface area contributed by atoms with Crippen molar-refractivity contribution in [3.63, 3.8) is 0 Å². The van der Waals surface area contributed by atoms with Crippen LogP contribution in [0.3, 0.4) is 0 Å². The summed E-state index contributed by atoms with van der Waals surface area (Å²) >= 11 is 1.91. The summed E-state index contributed by atoms with van der Waals surface area (Å²) in [7, 11) is 1.52. The van der Waals surface area contributed by atoms with Crippen LogP contribution in [0.1, 0.15) is 20.8 Å². The fourth-order valence-electron chi connectivity index (χ4n) is 1.31. The van der Waals surface area contributed by atoms with Crippen molar-refractivity contribution >= 4 is 22.7 Å². The molecule has 0 aromatic carbocycles. The molecule has 1 unspecified atom stereocenters. The van der Waals surface area contributed by atoms with Crippen molar-refractivity contribution in [3.8, 4) is 5.75 Å². The molecule has 0 radical (unpaired) electrons. The molecule has 0 aliphatic heterocycles. The Morgan fingerprint density at radius 2 is 2.11 bits per heavy atom. The Balaban J connectivity index is 2.23. The summed E-state index contributed by atoms with van der Waals surface area (Å²) in [6.07, 6.45) is -3.25. The van der Waals surface area contributed by atoms with Gasteiger partial charge < -0.3 is 10.5 Å². The maximum absolute atomic E-state index is 12.4. The Morgan fingerprint density at radius 1 is 1.39 bits per heavy atom. The van der Waals surface area contributed by atoms with Crippen molar-refractivity contribution in [1.82, 2.24) is 4.98 Å². The van der Waals surface area contributed by atoms with E-state index in [-0.39, 0.29) is 0 Å². The van der Waals surface area contributed by atoms with Gasteiger partial charge in [0.05, 0.1) is 13.2 Å². The van der Waals surface area contributed by atoms with Crippen LogP contribution in [0.25, 0.3) is 0 Å². The summed E-state index contributed by atoms with van der Waals surface area (Å²) < 4.78 is 42.2. The lowest BCUT2D eigenvalue weighted by molar-refractivity contribution is -0.137. The Kier molecular flexibility index (Phi) is 3.60. The van der Waals surface area contributed by atoms with Crippen LogP contribution < -0.4 is 10.5 Å². The molecule has 1 atom stereocenters. The first-order valence-electron chi connectivity index (χ1n) is 4.82. The zero-order chi connectivity index (χ0) is 13.3. The molecule has 0 spiro atoms. The van der Waals surface area contributed by atoms with Crippen molar-refractivity contribution in [2.45, 2.75) is 12.2 Å². The van der Waals surface area contributed by atoms with Gasteiger partial charge in [-0.15, -0.1) is 22.7 Å². The molecular formula is C10H9F3N2OS2. The van der Waals surface area contributed by atoms with E-state index in [4.69, 9.17) is 10.5 Å². The van der Waals surface area contributed by atoms with Gasteiger partial charge in [0.2, 0.25) is 0 Å². The topological polar surface area (TPSA) is 48.1 Å². The fraction of sp³-hybridized carbons (Fsp3) is 0.300. The highest BCUT2D eigenvalue weighted by Crippen LogP contribution is 2.37. The number of ether oxygens (including phenoxy) is 1. The fourth-order valence-corrected chi connectivity index (χ4v) is 3.06. The lowest BCUT2D eigenvalue weighted by Gasteiger charge is -2.05. The first kappa shape index (κ1) is 13.3. The number of thiazole rings is 1. The van der Waals surface area contributed by atoms with Gasteiger partial charge in [-0.3, -0.25) is 0 Å². The largest absolute Gasteiger partial charge is 0.496 e. The number of thiophene rings is 1. The number of alkyl halides is 3. The number of methoxy groups -OCH3 is 1. The van der Waals surface area contributed by atoms with Crippen molar-refractivity contribution in [2.75, 3.05) is 7.11 Å². The van der Waals surface area contributed by atoms with Crippen LogP contribution in [-0.2, 0) is 6.18 Å². The lowest BCUT2D eigenvalue weighted by atomic mass is 10.2. The number of aromatic nitrogens is 1. The van der Waals surface area contributed by atoms with Gasteiger partial charge in [0.25, 0.3) is 0 Å². The van der Waals surface area contributed by atoms with Gasteiger partial charge in [-0.1, -0.05) is 0 Å². The van der Waals surface area contributed by atoms with Crippen molar-refractivity contribution < 1.29 is 17.9 Å². The Hall–Kier alpha value is -1.12. The monoisotopic (exact) mass is 294 g/mol. The molecule has 2 N–H and O–H groups in total. The van der Waals surface area contributed by atoms with Crippen LogP contribution in [-0.4, -0.2) is 12.1 Å². The molecule has 18 heavy (non-hydrogen) atoms. The summed E-state index contributed by atoms with van der Waals surface area (Å²) in [5.41, 5.74) is 5.90. The second-order valence-electron chi connectivity index (χ2n) is 3.43. The van der Waals surface area contributed by atoms with E-state index in [9.17, 15) is 13.2 Å². The first-order chi connectivity index (χ1) is 8.41. The van der Waals surface area contributed by atoms with E-state index in [2.05, 4.69) is 4.98 Å². The first-order valence-corrected chi connectivity index (χ1v) is 6.52. The normalized spacial score (nSPS) is 13.6. The zero-order valence-electron chi connectivity index (χ0n) is 9.19. The van der Waals surface area contributed by atoms with Crippen LogP contribution in [0.5, 0.6) is 5.75 Å². The second-order valence-corrected chi connectivity index (χ2v) is 5.44. The third-order valence-corrected chi connectivity index (χ3v) is 4.33. The van der Waals surface area contributed by atoms with E-state index in [0.29, 0.717) is 22.0 Å². The van der Waals surface area contributed by atoms with Gasteiger partial charge in [-0.2, -0.15) is 13.2 Å². The lowest BCUT2D eigenvalue weighted by Crippen LogP contribution is -2.08. The maximum Gasteiger partial charge on any atom is 0.443 e. The molecule has 2 rings (SSSR count). The van der Waals surface area contributed by atoms with Gasteiger partial charge in [0, 0.05) is 21.3 Å². The molecule has 0 saturated heterocycles. The Morgan fingerprint density at radius 3 is 2.61 bits per heavy atom. The third-order valence-electron chi connectivity index (χ3n) is 2.21. The highest BCUT2D eigenvalue weighted by atomic mass is 32.1. The summed E-state index contributed by atoms with van der Waals surface area (Å²) in [6.45, 7) is 0. The van der Waals surface area contributed by atoms with Crippen molar-refractivity contribution in [3.05, 3.63) is 32.4 Å². The number of rotatable bonds is 3. The second kappa shape index (κ2) is 4.87. The quantitative estimate of drug-likeness (QED) is 0.945. The average Bonchev–Trinajstić information content (AvgIpc) is 2.96. The van der Waals surface area contributed by atoms with E-state index in [1.807, 2.05) is 0 Å². The van der Waals surface area contributed by atoms with Crippen LogP contribution in [0, 0.1) is 0 Å². The maximum atomic E-state index is 12.4. The molecule has 98 valence electrons. The van der Waals surface area contributed by atoms with Gasteiger partial charge in [0.1, 0.15) is 5.75 Å². The van der Waals surface area contributed by atoms with Crippen LogP contribution >= 0.6 is 22.7 Å². The van der Waals surface area contributed by atoms with Gasteiger partial charge in [0.15, 0.2) is 5.01 Å². The van der Waals surface area contributed by atoms with E-state index in [0.717, 1.165) is 4.88 Å². The summed E-state index contributed by atoms with van der Waals surface area (Å²) in [5, 5.41) is 0.873. The van der Waals surface area contributed by atoms with Crippen LogP contribution in [0.2, 0.25) is 0 Å². The molecule has 0 fully saturated rings. The molecule has 2 aromatic heterocycles. The molecule has 8 heteroatoms. The number of halogens is 3. The highest BCUT2D eigenvalue weighted by molar-refractivity contribution is 7.12. The van der Waals surface area contributed by atoms with E-state index >= 15 is 0 Å². The Bertz CT molecular complexity index is 535. The van der Waals surface area contributed by atoms with Crippen molar-refractivity contribution in [2.24, 2.45) is 5.73 Å². The SMILES string of the molecule is COc1csc(C(N)c2cnc(C(F)(F)F)s2)c1. The molecule has 3 nitrogen and oxygen atoms in total. The molecule has 2 aromatic rings. The highest BCUT2D eigenvalue weighted by Gasteiger charge is 2.35. The van der Waals surface area contributed by atoms with Gasteiger partial charge in [-0.25, -0.2) is 4.98 Å². The minimum absolute atomic E-state index is 0.381. The summed E-state index contributed by atoms with van der Waals surface area (Å²) in [5.74, 6) is 0.644. The van der Waals surface area contributed by atoms with E-state index < -0.39 is 17.2 Å². The van der Waals surface area contributed by atoms with Crippen LogP contribution in [0.4, 0.5) is 13.2 Å². The minimum Gasteiger partial charge on any atom is -0.496 e. The van der Waals surface area contributed by atoms with E-state index in [1.165, 1.54) is 24.6 Å². The molecule has 0 aliphatic carbocycles. The molecule has 0 amide bonds. The number of hydrogen-bond acceptors (Lipinski definition) is 5. The smallest absolute Gasteiger partial charge is 0.443 e. The predicted octanol–water partition coefficient (Wildman–Crippen LogP) is 3.28. The Labute approximate surface area is 109 Å². The number of hydrogen-bond donors (Lipinski definition) is 1. The number of nitrogens with two attached hydrogens (primary N) is 1. The zero-order valence-corrected chi connectivity index (χ0v) is 10.8. The standard InChI is InChI=1S/C10H9F3N2OS2/c1-16-5-2-6(17-4-5)8(14)7-3-15-9(18-7)10(11,12)13/h2-4,8H,14H2,1H3. The molecule has 2 heterocycles.